The molecule has 0 aromatic carbocycles. The first-order chi connectivity index (χ1) is 7.52. The van der Waals surface area contributed by atoms with Crippen LogP contribution in [0.5, 0.6) is 0 Å². The number of hydrogen-bond acceptors (Lipinski definition) is 3. The minimum atomic E-state index is -2.25. The van der Waals surface area contributed by atoms with Gasteiger partial charge in [0.2, 0.25) is 0 Å². The van der Waals surface area contributed by atoms with E-state index in [1.165, 1.54) is 0 Å². The number of likely N-dealkylation sites (N-methyl/N-ethyl adjacent to an activating group) is 1. The third-order valence-electron chi connectivity index (χ3n) is 2.07. The second kappa shape index (κ2) is 9.93. The van der Waals surface area contributed by atoms with Gasteiger partial charge in [0.15, 0.2) is 0 Å². The van der Waals surface area contributed by atoms with Gasteiger partial charge in [-0.15, -0.1) is 0 Å². The molecule has 0 aliphatic heterocycles. The van der Waals surface area contributed by atoms with E-state index in [0.29, 0.717) is 6.54 Å². The summed E-state index contributed by atoms with van der Waals surface area (Å²) in [6.07, 6.45) is -1.02. The number of nitrogens with one attached hydrogen (secondary N) is 1. The van der Waals surface area contributed by atoms with Gasteiger partial charge in [-0.1, -0.05) is 0 Å². The highest BCUT2D eigenvalue weighted by Crippen LogP contribution is 1.94. The van der Waals surface area contributed by atoms with Crippen molar-refractivity contribution in [2.75, 3.05) is 39.8 Å². The molecule has 1 N–H and O–H groups in total. The van der Waals surface area contributed by atoms with Gasteiger partial charge in [-0.2, -0.15) is 0 Å². The van der Waals surface area contributed by atoms with Crippen molar-refractivity contribution in [1.29, 1.82) is 0 Å². The summed E-state index contributed by atoms with van der Waals surface area (Å²) in [5, 5.41) is 3.20. The van der Waals surface area contributed by atoms with Gasteiger partial charge in [-0.25, -0.2) is 8.78 Å². The second-order valence-corrected chi connectivity index (χ2v) is 4.18. The van der Waals surface area contributed by atoms with Gasteiger partial charge in [0.05, 0.1) is 12.6 Å². The molecule has 0 aliphatic rings. The predicted octanol–water partition coefficient (Wildman–Crippen LogP) is 1.59. The van der Waals surface area contributed by atoms with E-state index in [9.17, 15) is 8.78 Å². The summed E-state index contributed by atoms with van der Waals surface area (Å²) in [5.41, 5.74) is 0. The SMILES string of the molecule is CC(C)OCCCNCCN(C)CC(F)F. The van der Waals surface area contributed by atoms with Crippen LogP contribution in [0.25, 0.3) is 0 Å². The van der Waals surface area contributed by atoms with Gasteiger partial charge in [-0.05, 0) is 33.9 Å². The molecule has 0 unspecified atom stereocenters. The Balaban J connectivity index is 3.14. The average molecular weight is 238 g/mol. The van der Waals surface area contributed by atoms with Crippen molar-refractivity contribution in [1.82, 2.24) is 10.2 Å². The zero-order valence-corrected chi connectivity index (χ0v) is 10.5. The van der Waals surface area contributed by atoms with Crippen LogP contribution in [0.1, 0.15) is 20.3 Å². The zero-order chi connectivity index (χ0) is 12.4. The molecule has 0 fully saturated rings. The van der Waals surface area contributed by atoms with E-state index in [1.54, 1.807) is 11.9 Å². The molecular weight excluding hydrogens is 214 g/mol. The molecule has 0 aromatic rings. The first-order valence-corrected chi connectivity index (χ1v) is 5.81. The molecule has 0 aromatic heterocycles. The smallest absolute Gasteiger partial charge is 0.251 e. The number of nitrogens with zero attached hydrogens (tertiary/aromatic N) is 1. The van der Waals surface area contributed by atoms with Crippen LogP contribution in [0.4, 0.5) is 8.78 Å². The summed E-state index contributed by atoms with van der Waals surface area (Å²) < 4.78 is 29.3. The minimum Gasteiger partial charge on any atom is -0.379 e. The molecule has 0 saturated carbocycles. The molecule has 3 nitrogen and oxygen atoms in total. The maximum Gasteiger partial charge on any atom is 0.251 e. The number of ether oxygens (including phenoxy) is 1. The summed E-state index contributed by atoms with van der Waals surface area (Å²) in [6, 6.07) is 0. The molecule has 0 amide bonds. The molecule has 0 rings (SSSR count). The Morgan fingerprint density at radius 1 is 1.25 bits per heavy atom. The van der Waals surface area contributed by atoms with Crippen LogP contribution in [0.3, 0.4) is 0 Å². The topological polar surface area (TPSA) is 24.5 Å². The number of halogens is 2. The third-order valence-corrected chi connectivity index (χ3v) is 2.07. The van der Waals surface area contributed by atoms with Crippen molar-refractivity contribution in [2.45, 2.75) is 32.8 Å². The molecular formula is C11H24F2N2O. The lowest BCUT2D eigenvalue weighted by Crippen LogP contribution is -2.33. The van der Waals surface area contributed by atoms with Gasteiger partial charge >= 0.3 is 0 Å². The number of rotatable bonds is 10. The van der Waals surface area contributed by atoms with Gasteiger partial charge in [-0.3, -0.25) is 4.90 Å². The fourth-order valence-corrected chi connectivity index (χ4v) is 1.24. The zero-order valence-electron chi connectivity index (χ0n) is 10.5. The molecule has 0 heterocycles. The number of alkyl halides is 2. The lowest BCUT2D eigenvalue weighted by Gasteiger charge is -2.16. The van der Waals surface area contributed by atoms with E-state index >= 15 is 0 Å². The fraction of sp³-hybridized carbons (Fsp3) is 1.00. The van der Waals surface area contributed by atoms with E-state index in [1.807, 2.05) is 13.8 Å². The first-order valence-electron chi connectivity index (χ1n) is 5.81. The lowest BCUT2D eigenvalue weighted by molar-refractivity contribution is 0.0768. The van der Waals surface area contributed by atoms with Crippen LogP contribution in [0.2, 0.25) is 0 Å². The van der Waals surface area contributed by atoms with Crippen LogP contribution in [0, 0.1) is 0 Å². The van der Waals surface area contributed by atoms with Crippen molar-refractivity contribution in [3.63, 3.8) is 0 Å². The van der Waals surface area contributed by atoms with Crippen LogP contribution in [-0.2, 0) is 4.74 Å². The molecule has 0 radical (unpaired) electrons. The highest BCUT2D eigenvalue weighted by molar-refractivity contribution is 4.56. The minimum absolute atomic E-state index is 0.155. The summed E-state index contributed by atoms with van der Waals surface area (Å²) in [4.78, 5) is 1.63. The average Bonchev–Trinajstić information content (AvgIpc) is 2.14. The molecule has 0 atom stereocenters. The Bertz CT molecular complexity index is 157. The van der Waals surface area contributed by atoms with E-state index < -0.39 is 6.43 Å². The van der Waals surface area contributed by atoms with Gasteiger partial charge in [0.25, 0.3) is 6.43 Å². The van der Waals surface area contributed by atoms with E-state index in [-0.39, 0.29) is 12.6 Å². The van der Waals surface area contributed by atoms with Crippen molar-refractivity contribution in [3.05, 3.63) is 0 Å². The molecule has 16 heavy (non-hydrogen) atoms. The van der Waals surface area contributed by atoms with E-state index in [2.05, 4.69) is 5.32 Å². The molecule has 0 bridgehead atoms. The maximum absolute atomic E-state index is 12.0. The summed E-state index contributed by atoms with van der Waals surface area (Å²) >= 11 is 0. The Morgan fingerprint density at radius 3 is 2.50 bits per heavy atom. The van der Waals surface area contributed by atoms with E-state index in [0.717, 1.165) is 26.1 Å². The molecule has 98 valence electrons. The summed E-state index contributed by atoms with van der Waals surface area (Å²) in [6.45, 7) is 6.87. The molecule has 5 heteroatoms. The molecule has 0 aliphatic carbocycles. The summed E-state index contributed by atoms with van der Waals surface area (Å²) in [5.74, 6) is 0. The van der Waals surface area contributed by atoms with Crippen molar-refractivity contribution in [3.8, 4) is 0 Å². The highest BCUT2D eigenvalue weighted by Gasteiger charge is 2.06. The maximum atomic E-state index is 12.0. The largest absolute Gasteiger partial charge is 0.379 e. The van der Waals surface area contributed by atoms with Crippen LogP contribution < -0.4 is 5.32 Å². The second-order valence-electron chi connectivity index (χ2n) is 4.18. The quantitative estimate of drug-likeness (QED) is 0.585. The predicted molar refractivity (Wildman–Crippen MR) is 62.1 cm³/mol. The van der Waals surface area contributed by atoms with Crippen molar-refractivity contribution >= 4 is 0 Å². The van der Waals surface area contributed by atoms with Crippen molar-refractivity contribution < 1.29 is 13.5 Å². The normalized spacial score (nSPS) is 12.0. The van der Waals surface area contributed by atoms with Crippen LogP contribution in [0.15, 0.2) is 0 Å². The molecule has 0 spiro atoms. The fourth-order valence-electron chi connectivity index (χ4n) is 1.24. The first kappa shape index (κ1) is 15.7. The Morgan fingerprint density at radius 2 is 1.94 bits per heavy atom. The van der Waals surface area contributed by atoms with E-state index in [4.69, 9.17) is 4.74 Å². The monoisotopic (exact) mass is 238 g/mol. The third kappa shape index (κ3) is 11.8. The molecule has 0 saturated heterocycles. The Labute approximate surface area is 97.1 Å². The van der Waals surface area contributed by atoms with Crippen LogP contribution >= 0.6 is 0 Å². The lowest BCUT2D eigenvalue weighted by atomic mass is 10.4. The number of hydrogen-bond donors (Lipinski definition) is 1. The standard InChI is InChI=1S/C11H24F2N2O/c1-10(2)16-8-4-5-14-6-7-15(3)9-11(12)13/h10-11,14H,4-9H2,1-3H3. The van der Waals surface area contributed by atoms with Crippen LogP contribution in [-0.4, -0.2) is 57.3 Å². The Hall–Kier alpha value is -0.260. The summed E-state index contributed by atoms with van der Waals surface area (Å²) in [7, 11) is 1.70. The Kier molecular flexibility index (Phi) is 9.77. The van der Waals surface area contributed by atoms with Gasteiger partial charge in [0.1, 0.15) is 0 Å². The van der Waals surface area contributed by atoms with Crippen molar-refractivity contribution in [2.24, 2.45) is 0 Å². The van der Waals surface area contributed by atoms with Gasteiger partial charge < -0.3 is 10.1 Å². The van der Waals surface area contributed by atoms with Gasteiger partial charge in [0, 0.05) is 19.7 Å². The highest BCUT2D eigenvalue weighted by atomic mass is 19.3.